The summed E-state index contributed by atoms with van der Waals surface area (Å²) in [6, 6.07) is 11.0. The minimum Gasteiger partial charge on any atom is -0.450 e. The van der Waals surface area contributed by atoms with E-state index in [4.69, 9.17) is 4.74 Å². The summed E-state index contributed by atoms with van der Waals surface area (Å²) in [4.78, 5) is 40.0. The average Bonchev–Trinajstić information content (AvgIpc) is 3.08. The van der Waals surface area contributed by atoms with E-state index in [-0.39, 0.29) is 30.0 Å². The van der Waals surface area contributed by atoms with Gasteiger partial charge < -0.3 is 19.9 Å². The van der Waals surface area contributed by atoms with Crippen LogP contribution in [0.15, 0.2) is 36.4 Å². The Kier molecular flexibility index (Phi) is 6.48. The largest absolute Gasteiger partial charge is 0.450 e. The molecule has 9 heteroatoms. The maximum atomic E-state index is 12.7. The summed E-state index contributed by atoms with van der Waals surface area (Å²) in [7, 11) is 1.67. The van der Waals surface area contributed by atoms with Crippen LogP contribution in [-0.2, 0) is 23.0 Å². The van der Waals surface area contributed by atoms with Gasteiger partial charge in [0.2, 0.25) is 5.91 Å². The first kappa shape index (κ1) is 20.4. The van der Waals surface area contributed by atoms with Gasteiger partial charge in [-0.2, -0.15) is 5.10 Å². The molecule has 2 heterocycles. The number of carbonyl (C=O) groups is 3. The average molecular weight is 399 g/mol. The zero-order chi connectivity index (χ0) is 20.8. The molecule has 1 aliphatic heterocycles. The van der Waals surface area contributed by atoms with Crippen molar-refractivity contribution in [2.24, 2.45) is 7.05 Å². The predicted molar refractivity (Wildman–Crippen MR) is 106 cm³/mol. The third-order valence-electron chi connectivity index (χ3n) is 4.67. The van der Waals surface area contributed by atoms with Gasteiger partial charge in [0.25, 0.3) is 5.91 Å². The van der Waals surface area contributed by atoms with Crippen molar-refractivity contribution < 1.29 is 19.1 Å². The molecule has 0 unspecified atom stereocenters. The minimum absolute atomic E-state index is 0.179. The molecule has 1 aromatic heterocycles. The van der Waals surface area contributed by atoms with Crippen LogP contribution >= 0.6 is 0 Å². The molecule has 0 atom stereocenters. The fourth-order valence-corrected chi connectivity index (χ4v) is 3.13. The summed E-state index contributed by atoms with van der Waals surface area (Å²) in [5.74, 6) is 0.0494. The minimum atomic E-state index is -0.360. The molecular formula is C20H25N5O4. The van der Waals surface area contributed by atoms with E-state index < -0.39 is 0 Å². The first-order valence-electron chi connectivity index (χ1n) is 9.56. The molecule has 1 saturated heterocycles. The third kappa shape index (κ3) is 5.13. The highest BCUT2D eigenvalue weighted by atomic mass is 16.6. The van der Waals surface area contributed by atoms with Gasteiger partial charge in [0.05, 0.1) is 13.0 Å². The van der Waals surface area contributed by atoms with Crippen LogP contribution in [0.3, 0.4) is 0 Å². The Morgan fingerprint density at radius 2 is 1.72 bits per heavy atom. The topological polar surface area (TPSA) is 96.8 Å². The zero-order valence-electron chi connectivity index (χ0n) is 16.6. The molecule has 1 fully saturated rings. The molecule has 3 rings (SSSR count). The van der Waals surface area contributed by atoms with E-state index in [1.54, 1.807) is 29.8 Å². The van der Waals surface area contributed by atoms with Gasteiger partial charge in [0.1, 0.15) is 5.82 Å². The van der Waals surface area contributed by atoms with Crippen molar-refractivity contribution in [1.82, 2.24) is 19.6 Å². The monoisotopic (exact) mass is 399 g/mol. The summed E-state index contributed by atoms with van der Waals surface area (Å²) in [5, 5.41) is 7.03. The van der Waals surface area contributed by atoms with Crippen LogP contribution in [-0.4, -0.2) is 70.3 Å². The first-order chi connectivity index (χ1) is 14.0. The molecule has 154 valence electrons. The Hall–Kier alpha value is -3.36. The molecule has 29 heavy (non-hydrogen) atoms. The van der Waals surface area contributed by atoms with E-state index in [1.807, 2.05) is 30.3 Å². The van der Waals surface area contributed by atoms with Gasteiger partial charge in [-0.05, 0) is 12.5 Å². The van der Waals surface area contributed by atoms with Crippen molar-refractivity contribution in [3.63, 3.8) is 0 Å². The third-order valence-corrected chi connectivity index (χ3v) is 4.67. The lowest BCUT2D eigenvalue weighted by Crippen LogP contribution is -2.50. The highest BCUT2D eigenvalue weighted by Gasteiger charge is 2.27. The van der Waals surface area contributed by atoms with Gasteiger partial charge in [0.15, 0.2) is 5.69 Å². The van der Waals surface area contributed by atoms with Crippen LogP contribution in [0, 0.1) is 0 Å². The second-order valence-corrected chi connectivity index (χ2v) is 6.73. The first-order valence-corrected chi connectivity index (χ1v) is 9.56. The molecule has 2 aromatic rings. The molecule has 0 saturated carbocycles. The standard InChI is InChI=1S/C20H25N5O4/c1-3-29-20(28)25-11-9-24(10-12-25)19(27)16-14-17(23(2)22-16)21-18(26)13-15-7-5-4-6-8-15/h4-8,14H,3,9-13H2,1-2H3,(H,21,26). The van der Waals surface area contributed by atoms with Crippen LogP contribution in [0.25, 0.3) is 0 Å². The van der Waals surface area contributed by atoms with E-state index in [1.165, 1.54) is 4.68 Å². The van der Waals surface area contributed by atoms with Gasteiger partial charge in [-0.1, -0.05) is 30.3 Å². The van der Waals surface area contributed by atoms with E-state index in [0.717, 1.165) is 5.56 Å². The second kappa shape index (κ2) is 9.22. The molecule has 1 aromatic carbocycles. The summed E-state index contributed by atoms with van der Waals surface area (Å²) < 4.78 is 6.47. The lowest BCUT2D eigenvalue weighted by atomic mass is 10.1. The highest BCUT2D eigenvalue weighted by Crippen LogP contribution is 2.14. The summed E-state index contributed by atoms with van der Waals surface area (Å²) >= 11 is 0. The van der Waals surface area contributed by atoms with Gasteiger partial charge in [-0.15, -0.1) is 0 Å². The molecular weight excluding hydrogens is 374 g/mol. The second-order valence-electron chi connectivity index (χ2n) is 6.73. The smallest absolute Gasteiger partial charge is 0.409 e. The number of aryl methyl sites for hydroxylation is 1. The van der Waals surface area contributed by atoms with E-state index in [2.05, 4.69) is 10.4 Å². The zero-order valence-corrected chi connectivity index (χ0v) is 16.6. The summed E-state index contributed by atoms with van der Waals surface area (Å²) in [6.07, 6.45) is -0.119. The highest BCUT2D eigenvalue weighted by molar-refractivity contribution is 5.96. The Morgan fingerprint density at radius 3 is 2.38 bits per heavy atom. The van der Waals surface area contributed by atoms with Crippen molar-refractivity contribution in [2.45, 2.75) is 13.3 Å². The predicted octanol–water partition coefficient (Wildman–Crippen LogP) is 1.52. The van der Waals surface area contributed by atoms with Crippen molar-refractivity contribution in [3.05, 3.63) is 47.7 Å². The number of benzene rings is 1. The van der Waals surface area contributed by atoms with Crippen molar-refractivity contribution in [2.75, 3.05) is 38.1 Å². The van der Waals surface area contributed by atoms with Crippen molar-refractivity contribution >= 4 is 23.7 Å². The van der Waals surface area contributed by atoms with Gasteiger partial charge in [0, 0.05) is 39.3 Å². The lowest BCUT2D eigenvalue weighted by Gasteiger charge is -2.33. The Morgan fingerprint density at radius 1 is 1.07 bits per heavy atom. The number of hydrogen-bond acceptors (Lipinski definition) is 5. The Balaban J connectivity index is 1.57. The number of nitrogens with zero attached hydrogens (tertiary/aromatic N) is 4. The lowest BCUT2D eigenvalue weighted by molar-refractivity contribution is -0.115. The van der Waals surface area contributed by atoms with E-state index >= 15 is 0 Å². The molecule has 1 N–H and O–H groups in total. The van der Waals surface area contributed by atoms with Crippen LogP contribution in [0.1, 0.15) is 23.0 Å². The Labute approximate surface area is 169 Å². The van der Waals surface area contributed by atoms with E-state index in [9.17, 15) is 14.4 Å². The van der Waals surface area contributed by atoms with Gasteiger partial charge in [-0.25, -0.2) is 4.79 Å². The van der Waals surface area contributed by atoms with Crippen LogP contribution in [0.5, 0.6) is 0 Å². The maximum absolute atomic E-state index is 12.7. The number of rotatable bonds is 5. The molecule has 1 aliphatic rings. The van der Waals surface area contributed by atoms with Gasteiger partial charge in [-0.3, -0.25) is 14.3 Å². The molecule has 0 radical (unpaired) electrons. The quantitative estimate of drug-likeness (QED) is 0.822. The van der Waals surface area contributed by atoms with Crippen LogP contribution < -0.4 is 5.32 Å². The molecule has 9 nitrogen and oxygen atoms in total. The number of piperazine rings is 1. The number of amides is 3. The fraction of sp³-hybridized carbons (Fsp3) is 0.400. The maximum Gasteiger partial charge on any atom is 0.409 e. The number of carbonyl (C=O) groups excluding carboxylic acids is 3. The molecule has 0 aliphatic carbocycles. The number of anilines is 1. The van der Waals surface area contributed by atoms with E-state index in [0.29, 0.717) is 38.6 Å². The molecule has 0 bridgehead atoms. The number of ether oxygens (including phenoxy) is 1. The van der Waals surface area contributed by atoms with Crippen molar-refractivity contribution in [1.29, 1.82) is 0 Å². The number of hydrogen-bond donors (Lipinski definition) is 1. The molecule has 3 amide bonds. The summed E-state index contributed by atoms with van der Waals surface area (Å²) in [5.41, 5.74) is 1.16. The van der Waals surface area contributed by atoms with Gasteiger partial charge >= 0.3 is 6.09 Å². The van der Waals surface area contributed by atoms with Crippen molar-refractivity contribution in [3.8, 4) is 0 Å². The SMILES string of the molecule is CCOC(=O)N1CCN(C(=O)c2cc(NC(=O)Cc3ccccc3)n(C)n2)CC1. The Bertz CT molecular complexity index is 872. The fourth-order valence-electron chi connectivity index (χ4n) is 3.13. The molecule has 0 spiro atoms. The number of aromatic nitrogens is 2. The summed E-state index contributed by atoms with van der Waals surface area (Å²) in [6.45, 7) is 3.73. The van der Waals surface area contributed by atoms with Crippen LogP contribution in [0.2, 0.25) is 0 Å². The normalized spacial score (nSPS) is 13.9. The number of nitrogens with one attached hydrogen (secondary N) is 1. The van der Waals surface area contributed by atoms with Crippen LogP contribution in [0.4, 0.5) is 10.6 Å².